The van der Waals surface area contributed by atoms with Gasteiger partial charge in [-0.2, -0.15) is 0 Å². The summed E-state index contributed by atoms with van der Waals surface area (Å²) < 4.78 is 0. The van der Waals surface area contributed by atoms with Gasteiger partial charge in [-0.1, -0.05) is 56.7 Å². The molecule has 0 saturated heterocycles. The predicted molar refractivity (Wildman–Crippen MR) is 92.6 cm³/mol. The predicted octanol–water partition coefficient (Wildman–Crippen LogP) is 2.98. The molecule has 0 bridgehead atoms. The lowest BCUT2D eigenvalue weighted by Gasteiger charge is -2.17. The van der Waals surface area contributed by atoms with Crippen LogP contribution in [-0.2, 0) is 9.59 Å². The molecule has 23 heavy (non-hydrogen) atoms. The fraction of sp³-hybridized carbons (Fsp3) is 0.474. The Balaban J connectivity index is 1.83. The summed E-state index contributed by atoms with van der Waals surface area (Å²) in [6.45, 7) is 4.33. The van der Waals surface area contributed by atoms with Crippen molar-refractivity contribution in [1.82, 2.24) is 5.32 Å². The van der Waals surface area contributed by atoms with Gasteiger partial charge in [0.15, 0.2) is 0 Å². The molecule has 124 valence electrons. The maximum absolute atomic E-state index is 12.0. The molecule has 0 unspecified atom stereocenters. The van der Waals surface area contributed by atoms with Gasteiger partial charge in [0.1, 0.15) is 0 Å². The minimum absolute atomic E-state index is 0.0572. The highest BCUT2D eigenvalue weighted by molar-refractivity contribution is 5.82. The fourth-order valence-electron chi connectivity index (χ4n) is 3.03. The maximum Gasteiger partial charge on any atom is 0.224 e. The smallest absolute Gasteiger partial charge is 0.224 e. The molecule has 2 rings (SSSR count). The summed E-state index contributed by atoms with van der Waals surface area (Å²) in [4.78, 5) is 23.3. The average Bonchev–Trinajstić information content (AvgIpc) is 2.96. The first-order valence-corrected chi connectivity index (χ1v) is 8.32. The van der Waals surface area contributed by atoms with Crippen LogP contribution in [0.15, 0.2) is 30.3 Å². The Morgan fingerprint density at radius 2 is 1.96 bits per heavy atom. The van der Waals surface area contributed by atoms with E-state index in [-0.39, 0.29) is 23.8 Å². The van der Waals surface area contributed by atoms with Crippen LogP contribution in [0.3, 0.4) is 0 Å². The van der Waals surface area contributed by atoms with E-state index in [0.717, 1.165) is 24.8 Å². The third-order valence-corrected chi connectivity index (χ3v) is 4.44. The van der Waals surface area contributed by atoms with Crippen molar-refractivity contribution in [2.24, 2.45) is 11.7 Å². The molecule has 2 atom stereocenters. The maximum atomic E-state index is 12.0. The van der Waals surface area contributed by atoms with Crippen LogP contribution < -0.4 is 11.1 Å². The van der Waals surface area contributed by atoms with E-state index in [2.05, 4.69) is 43.4 Å². The lowest BCUT2D eigenvalue weighted by Crippen LogP contribution is -2.42. The summed E-state index contributed by atoms with van der Waals surface area (Å²) in [5, 5.41) is 2.93. The summed E-state index contributed by atoms with van der Waals surface area (Å²) in [6.07, 6.45) is 6.67. The molecule has 1 fully saturated rings. The first-order chi connectivity index (χ1) is 11.0. The number of primary amides is 1. The molecule has 0 heterocycles. The lowest BCUT2D eigenvalue weighted by molar-refractivity contribution is -0.124. The molecule has 4 heteroatoms. The van der Waals surface area contributed by atoms with E-state index in [1.54, 1.807) is 0 Å². The quantitative estimate of drug-likeness (QED) is 0.847. The van der Waals surface area contributed by atoms with Gasteiger partial charge < -0.3 is 11.1 Å². The zero-order valence-electron chi connectivity index (χ0n) is 13.9. The number of hydrogen-bond acceptors (Lipinski definition) is 2. The minimum atomic E-state index is -0.311. The molecule has 1 aliphatic rings. The van der Waals surface area contributed by atoms with E-state index in [4.69, 9.17) is 5.73 Å². The molecule has 0 aliphatic heterocycles. The highest BCUT2D eigenvalue weighted by atomic mass is 16.2. The zero-order valence-corrected chi connectivity index (χ0v) is 13.9. The van der Waals surface area contributed by atoms with Gasteiger partial charge in [0.05, 0.1) is 5.92 Å². The van der Waals surface area contributed by atoms with Crippen LogP contribution >= 0.6 is 0 Å². The molecule has 4 nitrogen and oxygen atoms in total. The molecule has 0 radical (unpaired) electrons. The van der Waals surface area contributed by atoms with Gasteiger partial charge in [0, 0.05) is 12.5 Å². The summed E-state index contributed by atoms with van der Waals surface area (Å²) in [5.41, 5.74) is 7.75. The first-order valence-electron chi connectivity index (χ1n) is 8.32. The second-order valence-electron chi connectivity index (χ2n) is 6.54. The van der Waals surface area contributed by atoms with Gasteiger partial charge in [-0.25, -0.2) is 0 Å². The van der Waals surface area contributed by atoms with E-state index in [0.29, 0.717) is 12.3 Å². The van der Waals surface area contributed by atoms with Gasteiger partial charge in [-0.15, -0.1) is 0 Å². The molecule has 1 saturated carbocycles. The van der Waals surface area contributed by atoms with Crippen molar-refractivity contribution in [2.75, 3.05) is 0 Å². The van der Waals surface area contributed by atoms with Crippen molar-refractivity contribution in [3.63, 3.8) is 0 Å². The molecule has 0 aromatic heterocycles. The van der Waals surface area contributed by atoms with Crippen LogP contribution in [0, 0.1) is 5.92 Å². The molecule has 0 spiro atoms. The molecular weight excluding hydrogens is 288 g/mol. The van der Waals surface area contributed by atoms with Crippen molar-refractivity contribution in [3.8, 4) is 0 Å². The van der Waals surface area contributed by atoms with E-state index in [1.807, 2.05) is 12.2 Å². The number of rotatable bonds is 6. The topological polar surface area (TPSA) is 72.2 Å². The lowest BCUT2D eigenvalue weighted by atomic mass is 10.0. The van der Waals surface area contributed by atoms with Gasteiger partial charge in [-0.3, -0.25) is 9.59 Å². The highest BCUT2D eigenvalue weighted by Gasteiger charge is 2.32. The fourth-order valence-corrected chi connectivity index (χ4v) is 3.03. The van der Waals surface area contributed by atoms with Gasteiger partial charge in [0.2, 0.25) is 11.8 Å². The number of amides is 2. The van der Waals surface area contributed by atoms with Crippen LogP contribution in [0.2, 0.25) is 0 Å². The Hall–Kier alpha value is -2.10. The second-order valence-corrected chi connectivity index (χ2v) is 6.54. The third-order valence-electron chi connectivity index (χ3n) is 4.44. The van der Waals surface area contributed by atoms with Crippen molar-refractivity contribution in [1.29, 1.82) is 0 Å². The first kappa shape index (κ1) is 17.3. The Morgan fingerprint density at radius 1 is 1.26 bits per heavy atom. The van der Waals surface area contributed by atoms with Crippen LogP contribution in [0.5, 0.6) is 0 Å². The largest absolute Gasteiger partial charge is 0.369 e. The molecule has 1 aromatic carbocycles. The number of carbonyl (C=O) groups excluding carboxylic acids is 2. The molecule has 3 N–H and O–H groups in total. The number of nitrogens with one attached hydrogen (secondary N) is 1. The minimum Gasteiger partial charge on any atom is -0.369 e. The van der Waals surface area contributed by atoms with Crippen LogP contribution in [0.1, 0.15) is 56.6 Å². The molecule has 1 aliphatic carbocycles. The van der Waals surface area contributed by atoms with E-state index in [1.165, 1.54) is 5.56 Å². The number of nitrogens with two attached hydrogens (primary N) is 1. The van der Waals surface area contributed by atoms with Crippen molar-refractivity contribution in [3.05, 3.63) is 41.5 Å². The summed E-state index contributed by atoms with van der Waals surface area (Å²) in [6, 6.07) is 8.24. The van der Waals surface area contributed by atoms with Gasteiger partial charge in [-0.05, 0) is 29.9 Å². The average molecular weight is 314 g/mol. The second kappa shape index (κ2) is 7.95. The molecular formula is C19H26N2O2. The van der Waals surface area contributed by atoms with Gasteiger partial charge in [0.25, 0.3) is 0 Å². The normalized spacial score (nSPS) is 21.0. The van der Waals surface area contributed by atoms with Crippen molar-refractivity contribution in [2.45, 2.75) is 51.5 Å². The Labute approximate surface area is 138 Å². The summed E-state index contributed by atoms with van der Waals surface area (Å²) in [5.74, 6) is -0.0679. The molecule has 2 amide bonds. The Kier molecular flexibility index (Phi) is 5.97. The highest BCUT2D eigenvalue weighted by Crippen LogP contribution is 2.25. The third kappa shape index (κ3) is 4.95. The van der Waals surface area contributed by atoms with Crippen molar-refractivity contribution >= 4 is 17.9 Å². The van der Waals surface area contributed by atoms with Crippen LogP contribution in [0.25, 0.3) is 6.08 Å². The monoisotopic (exact) mass is 314 g/mol. The number of carbonyl (C=O) groups is 2. The van der Waals surface area contributed by atoms with Crippen LogP contribution in [-0.4, -0.2) is 17.9 Å². The van der Waals surface area contributed by atoms with E-state index < -0.39 is 0 Å². The molecule has 1 aromatic rings. The number of benzene rings is 1. The number of hydrogen-bond donors (Lipinski definition) is 2. The Bertz CT molecular complexity index is 576. The SMILES string of the molecule is CC(C)c1ccc(/C=C/CC(=O)N[C@H]2CCC[C@@H]2C(N)=O)cc1. The van der Waals surface area contributed by atoms with E-state index in [9.17, 15) is 9.59 Å². The van der Waals surface area contributed by atoms with Gasteiger partial charge >= 0.3 is 0 Å². The van der Waals surface area contributed by atoms with E-state index >= 15 is 0 Å². The standard InChI is InChI=1S/C19H26N2O2/c1-13(2)15-11-9-14(10-12-15)5-3-8-18(22)21-17-7-4-6-16(17)19(20)23/h3,5,9-13,16-17H,4,6-8H2,1-2H3,(H2,20,23)(H,21,22)/b5-3+/t16-,17-/m0/s1. The van der Waals surface area contributed by atoms with Crippen LogP contribution in [0.4, 0.5) is 0 Å². The summed E-state index contributed by atoms with van der Waals surface area (Å²) in [7, 11) is 0. The van der Waals surface area contributed by atoms with Crippen molar-refractivity contribution < 1.29 is 9.59 Å². The summed E-state index contributed by atoms with van der Waals surface area (Å²) >= 11 is 0. The Morgan fingerprint density at radius 3 is 2.57 bits per heavy atom. The zero-order chi connectivity index (χ0) is 16.8.